The predicted octanol–water partition coefficient (Wildman–Crippen LogP) is 2.96. The Labute approximate surface area is 155 Å². The Hall–Kier alpha value is -1.78. The van der Waals surface area contributed by atoms with Crippen LogP contribution in [0.5, 0.6) is 0 Å². The number of pyridine rings is 1. The van der Waals surface area contributed by atoms with Crippen molar-refractivity contribution in [3.05, 3.63) is 64.1 Å². The first-order valence-corrected chi connectivity index (χ1v) is 8.78. The summed E-state index contributed by atoms with van der Waals surface area (Å²) in [4.78, 5) is 16.8. The third-order valence-electron chi connectivity index (χ3n) is 5.41. The average molecular weight is 360 g/mol. The summed E-state index contributed by atoms with van der Waals surface area (Å²) in [5, 5.41) is 0. The third-order valence-corrected chi connectivity index (χ3v) is 5.41. The van der Waals surface area contributed by atoms with Crippen LogP contribution in [0.3, 0.4) is 0 Å². The first-order chi connectivity index (χ1) is 11.6. The molecule has 2 aromatic rings. The highest BCUT2D eigenvalue weighted by atomic mass is 35.5. The Morgan fingerprint density at radius 2 is 1.80 bits per heavy atom. The fourth-order valence-corrected chi connectivity index (χ4v) is 4.28. The molecule has 1 fully saturated rings. The van der Waals surface area contributed by atoms with Crippen molar-refractivity contribution < 1.29 is 0 Å². The Balaban J connectivity index is 0.00000182. The van der Waals surface area contributed by atoms with E-state index in [4.69, 9.17) is 0 Å². The number of rotatable bonds is 3. The van der Waals surface area contributed by atoms with Crippen molar-refractivity contribution in [3.63, 3.8) is 0 Å². The molecule has 0 spiro atoms. The van der Waals surface area contributed by atoms with Crippen LogP contribution in [0.15, 0.2) is 47.3 Å². The van der Waals surface area contributed by atoms with Gasteiger partial charge < -0.3 is 9.47 Å². The number of anilines is 1. The van der Waals surface area contributed by atoms with E-state index in [-0.39, 0.29) is 18.0 Å². The van der Waals surface area contributed by atoms with Gasteiger partial charge in [0.2, 0.25) is 0 Å². The average Bonchev–Trinajstić information content (AvgIpc) is 2.56. The van der Waals surface area contributed by atoms with Crippen LogP contribution in [0.1, 0.15) is 23.6 Å². The lowest BCUT2D eigenvalue weighted by atomic mass is 9.83. The molecule has 5 heteroatoms. The number of halogens is 1. The van der Waals surface area contributed by atoms with Crippen molar-refractivity contribution >= 4 is 18.1 Å². The molecule has 1 saturated heterocycles. The summed E-state index contributed by atoms with van der Waals surface area (Å²) in [5.41, 5.74) is 4.00. The molecule has 4 rings (SSSR count). The maximum atomic E-state index is 12.1. The van der Waals surface area contributed by atoms with Crippen LogP contribution in [0.4, 0.5) is 5.69 Å². The molecule has 4 nitrogen and oxygen atoms in total. The van der Waals surface area contributed by atoms with Gasteiger partial charge in [0.1, 0.15) is 0 Å². The van der Waals surface area contributed by atoms with Gasteiger partial charge in [-0.25, -0.2) is 0 Å². The van der Waals surface area contributed by atoms with Crippen LogP contribution in [0, 0.1) is 5.92 Å². The molecule has 0 saturated carbocycles. The van der Waals surface area contributed by atoms with Gasteiger partial charge in [-0.2, -0.15) is 0 Å². The minimum Gasteiger partial charge on any atom is -0.378 e. The Bertz CT molecular complexity index is 784. The molecule has 3 heterocycles. The highest BCUT2D eigenvalue weighted by Crippen LogP contribution is 2.35. The Kier molecular flexibility index (Phi) is 5.21. The topological polar surface area (TPSA) is 28.5 Å². The lowest BCUT2D eigenvalue weighted by Crippen LogP contribution is -2.46. The fraction of sp³-hybridized carbons (Fsp3) is 0.450. The highest BCUT2D eigenvalue weighted by Gasteiger charge is 2.34. The summed E-state index contributed by atoms with van der Waals surface area (Å²) >= 11 is 0. The molecule has 1 aromatic heterocycles. The van der Waals surface area contributed by atoms with E-state index >= 15 is 0 Å². The van der Waals surface area contributed by atoms with Crippen molar-refractivity contribution in [2.24, 2.45) is 5.92 Å². The molecule has 2 aliphatic rings. The van der Waals surface area contributed by atoms with E-state index in [0.29, 0.717) is 11.8 Å². The van der Waals surface area contributed by atoms with Crippen LogP contribution in [0.25, 0.3) is 0 Å². The van der Waals surface area contributed by atoms with Gasteiger partial charge in [0.15, 0.2) is 0 Å². The van der Waals surface area contributed by atoms with Crippen LogP contribution in [0.2, 0.25) is 0 Å². The Morgan fingerprint density at radius 3 is 2.52 bits per heavy atom. The molecule has 2 bridgehead atoms. The van der Waals surface area contributed by atoms with Crippen molar-refractivity contribution in [2.75, 3.05) is 32.1 Å². The summed E-state index contributed by atoms with van der Waals surface area (Å²) in [7, 11) is 4.14. The third kappa shape index (κ3) is 3.60. The summed E-state index contributed by atoms with van der Waals surface area (Å²) in [5.74, 6) is 1.09. The Morgan fingerprint density at radius 1 is 1.04 bits per heavy atom. The van der Waals surface area contributed by atoms with E-state index in [2.05, 4.69) is 54.2 Å². The van der Waals surface area contributed by atoms with E-state index in [1.807, 2.05) is 10.6 Å². The molecule has 1 aromatic carbocycles. The maximum Gasteiger partial charge on any atom is 0.250 e. The zero-order valence-electron chi connectivity index (χ0n) is 14.9. The number of hydrogen-bond acceptors (Lipinski definition) is 3. The van der Waals surface area contributed by atoms with Crippen LogP contribution < -0.4 is 10.5 Å². The second-order valence-electron chi connectivity index (χ2n) is 7.45. The summed E-state index contributed by atoms with van der Waals surface area (Å²) in [6.45, 7) is 4.02. The monoisotopic (exact) mass is 359 g/mol. The van der Waals surface area contributed by atoms with Gasteiger partial charge in [-0.15, -0.1) is 12.4 Å². The lowest BCUT2D eigenvalue weighted by Gasteiger charge is -2.42. The van der Waals surface area contributed by atoms with Crippen molar-refractivity contribution in [2.45, 2.75) is 25.4 Å². The van der Waals surface area contributed by atoms with Crippen LogP contribution >= 0.6 is 12.4 Å². The maximum absolute atomic E-state index is 12.1. The van der Waals surface area contributed by atoms with Crippen LogP contribution in [-0.2, 0) is 13.1 Å². The smallest absolute Gasteiger partial charge is 0.250 e. The first-order valence-electron chi connectivity index (χ1n) is 8.78. The largest absolute Gasteiger partial charge is 0.378 e. The number of piperidine rings is 1. The summed E-state index contributed by atoms with van der Waals surface area (Å²) < 4.78 is 2.00. The zero-order valence-corrected chi connectivity index (χ0v) is 15.7. The van der Waals surface area contributed by atoms with Gasteiger partial charge in [-0.3, -0.25) is 9.69 Å². The number of hydrogen-bond donors (Lipinski definition) is 0. The first kappa shape index (κ1) is 18.0. The molecule has 134 valence electrons. The van der Waals surface area contributed by atoms with Gasteiger partial charge in [0.25, 0.3) is 5.56 Å². The predicted molar refractivity (Wildman–Crippen MR) is 105 cm³/mol. The molecule has 0 aliphatic carbocycles. The molecule has 0 unspecified atom stereocenters. The SMILES string of the molecule is CN(C)c1ccc(CN2C[C@@H]3C[C@H](C2)c2cccc(=O)n2C3)cc1.Cl. The lowest BCUT2D eigenvalue weighted by molar-refractivity contribution is 0.114. The van der Waals surface area contributed by atoms with E-state index in [9.17, 15) is 4.79 Å². The normalized spacial score (nSPS) is 22.0. The van der Waals surface area contributed by atoms with Gasteiger partial charge in [-0.1, -0.05) is 18.2 Å². The van der Waals surface area contributed by atoms with Gasteiger partial charge in [-0.05, 0) is 36.1 Å². The van der Waals surface area contributed by atoms with E-state index in [0.717, 1.165) is 26.2 Å². The van der Waals surface area contributed by atoms with Crippen molar-refractivity contribution in [1.82, 2.24) is 9.47 Å². The molecule has 0 radical (unpaired) electrons. The second-order valence-corrected chi connectivity index (χ2v) is 7.45. The van der Waals surface area contributed by atoms with Crippen LogP contribution in [-0.4, -0.2) is 36.7 Å². The highest BCUT2D eigenvalue weighted by molar-refractivity contribution is 5.85. The molecule has 2 atom stereocenters. The quantitative estimate of drug-likeness (QED) is 0.843. The number of fused-ring (bicyclic) bond motifs is 4. The van der Waals surface area contributed by atoms with E-state index in [1.54, 1.807) is 6.07 Å². The molecule has 2 aliphatic heterocycles. The molecule has 25 heavy (non-hydrogen) atoms. The standard InChI is InChI=1S/C20H25N3O.ClH/c1-21(2)18-8-6-15(7-9-18)11-22-12-16-10-17(14-22)19-4-3-5-20(24)23(19)13-16;/h3-9,16-17H,10-14H2,1-2H3;1H/t16-,17+;/m0./s1. The molecular weight excluding hydrogens is 334 g/mol. The van der Waals surface area contributed by atoms with Crippen molar-refractivity contribution in [3.8, 4) is 0 Å². The second kappa shape index (κ2) is 7.22. The minimum absolute atomic E-state index is 0. The fourth-order valence-electron chi connectivity index (χ4n) is 4.28. The molecule has 0 amide bonds. The molecule has 0 N–H and O–H groups in total. The number of likely N-dealkylation sites (tertiary alicyclic amines) is 1. The molecular formula is C20H26ClN3O. The van der Waals surface area contributed by atoms with Crippen molar-refractivity contribution in [1.29, 1.82) is 0 Å². The number of benzene rings is 1. The number of aromatic nitrogens is 1. The zero-order chi connectivity index (χ0) is 16.7. The van der Waals surface area contributed by atoms with Gasteiger partial charge in [0, 0.05) is 63.6 Å². The summed E-state index contributed by atoms with van der Waals surface area (Å²) in [6.07, 6.45) is 1.22. The van der Waals surface area contributed by atoms with E-state index in [1.165, 1.54) is 23.4 Å². The number of nitrogens with zero attached hydrogens (tertiary/aromatic N) is 3. The van der Waals surface area contributed by atoms with E-state index < -0.39 is 0 Å². The minimum atomic E-state index is 0. The van der Waals surface area contributed by atoms with Gasteiger partial charge >= 0.3 is 0 Å². The summed E-state index contributed by atoms with van der Waals surface area (Å²) in [6, 6.07) is 14.6. The van der Waals surface area contributed by atoms with Gasteiger partial charge in [0.05, 0.1) is 0 Å².